The van der Waals surface area contributed by atoms with Crippen LogP contribution in [0.2, 0.25) is 0 Å². The van der Waals surface area contributed by atoms with Crippen LogP contribution >= 0.6 is 0 Å². The van der Waals surface area contributed by atoms with Gasteiger partial charge in [0.1, 0.15) is 11.5 Å². The van der Waals surface area contributed by atoms with Crippen molar-refractivity contribution in [2.75, 3.05) is 30.3 Å². The van der Waals surface area contributed by atoms with E-state index in [2.05, 4.69) is 26.9 Å². The molecule has 0 saturated carbocycles. The van der Waals surface area contributed by atoms with E-state index in [1.165, 1.54) is 19.2 Å². The molecule has 0 fully saturated rings. The van der Waals surface area contributed by atoms with E-state index < -0.39 is 11.7 Å². The fourth-order valence-electron chi connectivity index (χ4n) is 3.90. The third-order valence-electron chi connectivity index (χ3n) is 5.54. The van der Waals surface area contributed by atoms with Gasteiger partial charge in [-0.2, -0.15) is 0 Å². The van der Waals surface area contributed by atoms with Crippen molar-refractivity contribution in [2.24, 2.45) is 0 Å². The minimum Gasteiger partial charge on any atom is -0.383 e. The van der Waals surface area contributed by atoms with Crippen LogP contribution < -0.4 is 20.9 Å². The minimum atomic E-state index is -0.611. The van der Waals surface area contributed by atoms with E-state index in [0.29, 0.717) is 25.4 Å². The maximum absolute atomic E-state index is 14.8. The van der Waals surface area contributed by atoms with Gasteiger partial charge in [0.05, 0.1) is 29.9 Å². The summed E-state index contributed by atoms with van der Waals surface area (Å²) in [7, 11) is 1.54. The van der Waals surface area contributed by atoms with E-state index in [0.717, 1.165) is 28.0 Å². The van der Waals surface area contributed by atoms with E-state index in [4.69, 9.17) is 4.74 Å². The SMILES string of the molecule is COCCNC(=O)c1ccc(N2NN(Cc3ccc4ncccc4c3)c3ncccc32)cc1F. The molecule has 9 heteroatoms. The number of benzene rings is 2. The average Bonchev–Trinajstić information content (AvgIpc) is 3.22. The normalized spacial score (nSPS) is 12.8. The van der Waals surface area contributed by atoms with Gasteiger partial charge in [-0.15, -0.1) is 5.53 Å². The Morgan fingerprint density at radius 1 is 1.09 bits per heavy atom. The number of hydrogen-bond donors (Lipinski definition) is 2. The van der Waals surface area contributed by atoms with Crippen LogP contribution in [0.5, 0.6) is 0 Å². The number of methoxy groups -OCH3 is 1. The Balaban J connectivity index is 1.39. The summed E-state index contributed by atoms with van der Waals surface area (Å²) in [6.45, 7) is 1.20. The van der Waals surface area contributed by atoms with Gasteiger partial charge < -0.3 is 10.1 Å². The number of hydrazine groups is 2. The predicted molar refractivity (Wildman–Crippen MR) is 128 cm³/mol. The first-order chi connectivity index (χ1) is 16.6. The molecule has 5 rings (SSSR count). The van der Waals surface area contributed by atoms with Crippen molar-refractivity contribution in [1.82, 2.24) is 20.8 Å². The zero-order valence-electron chi connectivity index (χ0n) is 18.5. The van der Waals surface area contributed by atoms with E-state index in [-0.39, 0.29) is 5.56 Å². The molecule has 0 spiro atoms. The van der Waals surface area contributed by atoms with Crippen LogP contribution in [0, 0.1) is 5.82 Å². The third kappa shape index (κ3) is 4.26. The number of carbonyl (C=O) groups excluding carboxylic acids is 1. The van der Waals surface area contributed by atoms with Gasteiger partial charge in [-0.25, -0.2) is 9.37 Å². The van der Waals surface area contributed by atoms with Crippen molar-refractivity contribution in [3.05, 3.63) is 90.0 Å². The van der Waals surface area contributed by atoms with E-state index >= 15 is 0 Å². The molecule has 0 atom stereocenters. The summed E-state index contributed by atoms with van der Waals surface area (Å²) in [5.74, 6) is -0.374. The molecule has 0 bridgehead atoms. The number of fused-ring (bicyclic) bond motifs is 2. The van der Waals surface area contributed by atoms with Gasteiger partial charge in [0.2, 0.25) is 0 Å². The number of pyridine rings is 2. The number of carbonyl (C=O) groups is 1. The zero-order valence-corrected chi connectivity index (χ0v) is 18.5. The Hall–Kier alpha value is -4.08. The van der Waals surface area contributed by atoms with Crippen LogP contribution in [-0.4, -0.2) is 36.1 Å². The van der Waals surface area contributed by atoms with Gasteiger partial charge in [-0.3, -0.25) is 19.8 Å². The molecule has 34 heavy (non-hydrogen) atoms. The summed E-state index contributed by atoms with van der Waals surface area (Å²) in [6, 6.07) is 18.3. The minimum absolute atomic E-state index is 0.0212. The first-order valence-electron chi connectivity index (χ1n) is 10.8. The van der Waals surface area contributed by atoms with Crippen molar-refractivity contribution in [3.8, 4) is 0 Å². The highest BCUT2D eigenvalue weighted by molar-refractivity contribution is 5.95. The largest absolute Gasteiger partial charge is 0.383 e. The first kappa shape index (κ1) is 21.7. The Bertz CT molecular complexity index is 1350. The number of anilines is 3. The second-order valence-corrected chi connectivity index (χ2v) is 7.81. The quantitative estimate of drug-likeness (QED) is 0.409. The molecule has 0 radical (unpaired) electrons. The van der Waals surface area contributed by atoms with Gasteiger partial charge in [0, 0.05) is 31.4 Å². The summed E-state index contributed by atoms with van der Waals surface area (Å²) in [5, 5.41) is 7.34. The summed E-state index contributed by atoms with van der Waals surface area (Å²) in [5.41, 5.74) is 6.60. The van der Waals surface area contributed by atoms with Crippen LogP contribution in [0.1, 0.15) is 15.9 Å². The van der Waals surface area contributed by atoms with E-state index in [1.54, 1.807) is 23.5 Å². The third-order valence-corrected chi connectivity index (χ3v) is 5.54. The lowest BCUT2D eigenvalue weighted by molar-refractivity contribution is 0.0933. The van der Waals surface area contributed by atoms with Crippen molar-refractivity contribution in [2.45, 2.75) is 6.54 Å². The number of nitrogens with zero attached hydrogens (tertiary/aromatic N) is 4. The Labute approximate surface area is 195 Å². The zero-order chi connectivity index (χ0) is 23.5. The number of amides is 1. The highest BCUT2D eigenvalue weighted by Gasteiger charge is 2.29. The molecule has 0 saturated heterocycles. The Kier molecular flexibility index (Phi) is 6.03. The van der Waals surface area contributed by atoms with Gasteiger partial charge in [0.25, 0.3) is 5.91 Å². The second kappa shape index (κ2) is 9.42. The van der Waals surface area contributed by atoms with Gasteiger partial charge in [-0.1, -0.05) is 12.1 Å². The molecule has 3 heterocycles. The number of halogens is 1. The van der Waals surface area contributed by atoms with Crippen molar-refractivity contribution in [1.29, 1.82) is 0 Å². The number of nitrogens with one attached hydrogen (secondary N) is 2. The molecule has 1 amide bonds. The standard InChI is InChI=1S/C25H23FN6O2/c1-34-13-12-29-25(33)20-8-7-19(15-21(20)26)32-23-5-3-11-28-24(23)31(30-32)16-17-6-9-22-18(14-17)4-2-10-27-22/h2-11,14-15,30H,12-13,16H2,1H3,(H,29,33). The molecular weight excluding hydrogens is 435 g/mol. The Morgan fingerprint density at radius 2 is 1.94 bits per heavy atom. The van der Waals surface area contributed by atoms with Gasteiger partial charge >= 0.3 is 0 Å². The van der Waals surface area contributed by atoms with Crippen molar-refractivity contribution in [3.63, 3.8) is 0 Å². The highest BCUT2D eigenvalue weighted by Crippen LogP contribution is 2.37. The van der Waals surface area contributed by atoms with Crippen LogP contribution in [0.3, 0.4) is 0 Å². The maximum Gasteiger partial charge on any atom is 0.254 e. The number of hydrogen-bond acceptors (Lipinski definition) is 7. The molecule has 2 N–H and O–H groups in total. The molecule has 4 aromatic rings. The van der Waals surface area contributed by atoms with Gasteiger partial charge in [0.15, 0.2) is 5.82 Å². The molecule has 172 valence electrons. The number of rotatable bonds is 7. The summed E-state index contributed by atoms with van der Waals surface area (Å²) in [4.78, 5) is 21.2. The lowest BCUT2D eigenvalue weighted by atomic mass is 10.1. The lowest BCUT2D eigenvalue weighted by Crippen LogP contribution is -2.41. The maximum atomic E-state index is 14.8. The highest BCUT2D eigenvalue weighted by atomic mass is 19.1. The summed E-state index contributed by atoms with van der Waals surface area (Å²) in [6.07, 6.45) is 3.49. The van der Waals surface area contributed by atoms with E-state index in [9.17, 15) is 9.18 Å². The molecule has 0 unspecified atom stereocenters. The van der Waals surface area contributed by atoms with Crippen LogP contribution in [-0.2, 0) is 11.3 Å². The lowest BCUT2D eigenvalue weighted by Gasteiger charge is -2.23. The number of aromatic nitrogens is 2. The Morgan fingerprint density at radius 3 is 2.79 bits per heavy atom. The van der Waals surface area contributed by atoms with Gasteiger partial charge in [-0.05, 0) is 54.1 Å². The molecule has 1 aliphatic heterocycles. The summed E-state index contributed by atoms with van der Waals surface area (Å²) >= 11 is 0. The van der Waals surface area contributed by atoms with Crippen LogP contribution in [0.15, 0.2) is 73.1 Å². The average molecular weight is 458 g/mol. The van der Waals surface area contributed by atoms with E-state index in [1.807, 2.05) is 41.4 Å². The summed E-state index contributed by atoms with van der Waals surface area (Å²) < 4.78 is 19.8. The smallest absolute Gasteiger partial charge is 0.254 e. The van der Waals surface area contributed by atoms with Crippen LogP contribution in [0.25, 0.3) is 10.9 Å². The van der Waals surface area contributed by atoms with Crippen molar-refractivity contribution >= 4 is 34.0 Å². The van der Waals surface area contributed by atoms with Crippen molar-refractivity contribution < 1.29 is 13.9 Å². The second-order valence-electron chi connectivity index (χ2n) is 7.81. The molecule has 2 aromatic heterocycles. The fraction of sp³-hybridized carbons (Fsp3) is 0.160. The molecular formula is C25H23FN6O2. The topological polar surface area (TPSA) is 82.6 Å². The fourth-order valence-corrected chi connectivity index (χ4v) is 3.90. The number of ether oxygens (including phenoxy) is 1. The first-order valence-corrected chi connectivity index (χ1v) is 10.8. The molecule has 0 aliphatic carbocycles. The molecule has 2 aromatic carbocycles. The molecule has 1 aliphatic rings. The molecule has 8 nitrogen and oxygen atoms in total. The van der Waals surface area contributed by atoms with Crippen LogP contribution in [0.4, 0.5) is 21.6 Å². The monoisotopic (exact) mass is 458 g/mol. The predicted octanol–water partition coefficient (Wildman–Crippen LogP) is 3.72.